The Bertz CT molecular complexity index is 476. The van der Waals surface area contributed by atoms with Crippen LogP contribution >= 0.6 is 11.9 Å². The van der Waals surface area contributed by atoms with Crippen LogP contribution in [0.3, 0.4) is 0 Å². The monoisotopic (exact) mass is 320 g/mol. The summed E-state index contributed by atoms with van der Waals surface area (Å²) < 4.78 is 48.7. The van der Waals surface area contributed by atoms with Crippen LogP contribution in [0.4, 0.5) is 13.2 Å². The van der Waals surface area contributed by atoms with E-state index in [0.717, 1.165) is 31.3 Å². The highest BCUT2D eigenvalue weighted by Gasteiger charge is 2.35. The van der Waals surface area contributed by atoms with Crippen molar-refractivity contribution in [2.24, 2.45) is 4.40 Å². The van der Waals surface area contributed by atoms with E-state index in [9.17, 15) is 13.2 Å². The van der Waals surface area contributed by atoms with Gasteiger partial charge in [-0.1, -0.05) is 27.2 Å². The van der Waals surface area contributed by atoms with Crippen LogP contribution < -0.4 is 0 Å². The van der Waals surface area contributed by atoms with Crippen LogP contribution in [0.15, 0.2) is 22.9 Å². The van der Waals surface area contributed by atoms with E-state index in [0.29, 0.717) is 6.61 Å². The fourth-order valence-corrected chi connectivity index (χ4v) is 1.89. The largest absolute Gasteiger partial charge is 0.477 e. The molecule has 1 rings (SSSR count). The van der Waals surface area contributed by atoms with Gasteiger partial charge in [0.15, 0.2) is 0 Å². The fourth-order valence-electron chi connectivity index (χ4n) is 1.43. The first kappa shape index (κ1) is 17.8. The lowest BCUT2D eigenvalue weighted by atomic mass is 10.1. The summed E-state index contributed by atoms with van der Waals surface area (Å²) in [4.78, 5) is 3.76. The second-order valence-corrected chi connectivity index (χ2v) is 6.01. The van der Waals surface area contributed by atoms with Crippen molar-refractivity contribution >= 4 is 17.8 Å². The second-order valence-electron chi connectivity index (χ2n) is 4.67. The van der Waals surface area contributed by atoms with Gasteiger partial charge in [-0.25, -0.2) is 0 Å². The van der Waals surface area contributed by atoms with Crippen LogP contribution in [0.5, 0.6) is 0 Å². The van der Waals surface area contributed by atoms with E-state index < -0.39 is 11.7 Å². The molecule has 21 heavy (non-hydrogen) atoms. The fraction of sp³-hybridized carbons (Fsp3) is 0.571. The van der Waals surface area contributed by atoms with Crippen molar-refractivity contribution in [2.75, 3.05) is 6.61 Å². The van der Waals surface area contributed by atoms with Crippen molar-refractivity contribution < 1.29 is 17.9 Å². The Labute approximate surface area is 127 Å². The number of rotatable bonds is 6. The van der Waals surface area contributed by atoms with Crippen molar-refractivity contribution in [3.8, 4) is 0 Å². The SMILES string of the molecule is CCCCOC(=NSC(C)C)c1cnccc1C(F)(F)F. The molecule has 0 aromatic carbocycles. The van der Waals surface area contributed by atoms with Gasteiger partial charge in [0, 0.05) is 17.6 Å². The van der Waals surface area contributed by atoms with Crippen LogP contribution in [-0.2, 0) is 10.9 Å². The molecule has 7 heteroatoms. The molecule has 1 heterocycles. The van der Waals surface area contributed by atoms with Gasteiger partial charge in [-0.05, 0) is 24.4 Å². The van der Waals surface area contributed by atoms with Crippen molar-refractivity contribution in [3.05, 3.63) is 29.6 Å². The smallest absolute Gasteiger partial charge is 0.417 e. The summed E-state index contributed by atoms with van der Waals surface area (Å²) in [5.74, 6) is -0.0115. The Morgan fingerprint density at radius 2 is 2.14 bits per heavy atom. The Kier molecular flexibility index (Phi) is 7.01. The van der Waals surface area contributed by atoms with Crippen molar-refractivity contribution in [3.63, 3.8) is 0 Å². The number of hydrogen-bond acceptors (Lipinski definition) is 4. The maximum atomic E-state index is 13.1. The summed E-state index contributed by atoms with van der Waals surface area (Å²) in [6.45, 7) is 6.13. The van der Waals surface area contributed by atoms with Crippen LogP contribution in [-0.4, -0.2) is 22.7 Å². The predicted molar refractivity (Wildman–Crippen MR) is 79.4 cm³/mol. The topological polar surface area (TPSA) is 34.5 Å². The Morgan fingerprint density at radius 3 is 2.71 bits per heavy atom. The second kappa shape index (κ2) is 8.26. The maximum Gasteiger partial charge on any atom is 0.417 e. The molecule has 0 fully saturated rings. The molecule has 118 valence electrons. The minimum Gasteiger partial charge on any atom is -0.477 e. The molecule has 0 N–H and O–H groups in total. The van der Waals surface area contributed by atoms with Crippen molar-refractivity contribution in [2.45, 2.75) is 45.0 Å². The zero-order valence-corrected chi connectivity index (χ0v) is 13.1. The number of aromatic nitrogens is 1. The maximum absolute atomic E-state index is 13.1. The number of pyridine rings is 1. The van der Waals surface area contributed by atoms with Crippen LogP contribution in [0.2, 0.25) is 0 Å². The van der Waals surface area contributed by atoms with Gasteiger partial charge in [0.1, 0.15) is 0 Å². The summed E-state index contributed by atoms with van der Waals surface area (Å²) in [6.07, 6.45) is -0.549. The molecule has 0 saturated heterocycles. The van der Waals surface area contributed by atoms with Crippen LogP contribution in [0.25, 0.3) is 0 Å². The van der Waals surface area contributed by atoms with Crippen LogP contribution in [0, 0.1) is 0 Å². The van der Waals surface area contributed by atoms with E-state index in [-0.39, 0.29) is 16.7 Å². The highest BCUT2D eigenvalue weighted by Crippen LogP contribution is 2.32. The molecular formula is C14H19F3N2OS. The average Bonchev–Trinajstić information content (AvgIpc) is 2.41. The van der Waals surface area contributed by atoms with E-state index in [4.69, 9.17) is 4.74 Å². The number of halogens is 3. The van der Waals surface area contributed by atoms with Crippen LogP contribution in [0.1, 0.15) is 44.7 Å². The molecule has 0 radical (unpaired) electrons. The molecule has 1 aromatic rings. The third-order valence-corrected chi connectivity index (χ3v) is 3.13. The Hall–Kier alpha value is -1.24. The lowest BCUT2D eigenvalue weighted by molar-refractivity contribution is -0.137. The Morgan fingerprint density at radius 1 is 1.43 bits per heavy atom. The highest BCUT2D eigenvalue weighted by molar-refractivity contribution is 7.98. The molecule has 0 aliphatic carbocycles. The lowest BCUT2D eigenvalue weighted by Gasteiger charge is -2.14. The van der Waals surface area contributed by atoms with Gasteiger partial charge in [-0.15, -0.1) is 0 Å². The van der Waals surface area contributed by atoms with E-state index in [1.54, 1.807) is 0 Å². The third-order valence-electron chi connectivity index (χ3n) is 2.44. The molecule has 0 saturated carbocycles. The molecule has 0 unspecified atom stereocenters. The molecule has 1 aromatic heterocycles. The first-order valence-electron chi connectivity index (χ1n) is 6.74. The summed E-state index contributed by atoms with van der Waals surface area (Å²) in [6, 6.07) is 0.939. The van der Waals surface area contributed by atoms with Gasteiger partial charge in [-0.3, -0.25) is 4.98 Å². The number of nitrogens with zero attached hydrogens (tertiary/aromatic N) is 2. The number of ether oxygens (including phenoxy) is 1. The number of unbranched alkanes of at least 4 members (excludes halogenated alkanes) is 1. The van der Waals surface area contributed by atoms with Gasteiger partial charge in [0.25, 0.3) is 0 Å². The Balaban J connectivity index is 3.10. The number of alkyl halides is 3. The normalized spacial score (nSPS) is 12.8. The van der Waals surface area contributed by atoms with E-state index in [1.165, 1.54) is 11.9 Å². The van der Waals surface area contributed by atoms with E-state index >= 15 is 0 Å². The standard InChI is InChI=1S/C14H19F3N2OS/c1-4-5-8-20-13(19-21-10(2)3)11-9-18-7-6-12(11)14(15,16)17/h6-7,9-10H,4-5,8H2,1-3H3. The minimum absolute atomic E-state index is 0.0115. The molecule has 0 bridgehead atoms. The summed E-state index contributed by atoms with van der Waals surface area (Å²) in [5, 5.41) is 0.154. The van der Waals surface area contributed by atoms with E-state index in [1.807, 2.05) is 20.8 Å². The summed E-state index contributed by atoms with van der Waals surface area (Å²) >= 11 is 1.18. The quantitative estimate of drug-likeness (QED) is 0.329. The summed E-state index contributed by atoms with van der Waals surface area (Å²) in [5.41, 5.74) is -0.897. The predicted octanol–water partition coefficient (Wildman–Crippen LogP) is 4.72. The van der Waals surface area contributed by atoms with Crippen molar-refractivity contribution in [1.82, 2.24) is 4.98 Å². The minimum atomic E-state index is -4.46. The third kappa shape index (κ3) is 5.95. The first-order valence-corrected chi connectivity index (χ1v) is 7.58. The van der Waals surface area contributed by atoms with E-state index in [2.05, 4.69) is 9.38 Å². The van der Waals surface area contributed by atoms with Gasteiger partial charge in [0.2, 0.25) is 5.90 Å². The van der Waals surface area contributed by atoms with Gasteiger partial charge in [0.05, 0.1) is 17.7 Å². The molecule has 3 nitrogen and oxygen atoms in total. The lowest BCUT2D eigenvalue weighted by Crippen LogP contribution is -2.16. The molecule has 0 aliphatic heterocycles. The van der Waals surface area contributed by atoms with Gasteiger partial charge >= 0.3 is 6.18 Å². The van der Waals surface area contributed by atoms with Crippen molar-refractivity contribution in [1.29, 1.82) is 0 Å². The van der Waals surface area contributed by atoms with Gasteiger partial charge in [-0.2, -0.15) is 17.6 Å². The highest BCUT2D eigenvalue weighted by atomic mass is 32.2. The summed E-state index contributed by atoms with van der Waals surface area (Å²) in [7, 11) is 0. The molecule has 0 aliphatic rings. The molecule has 0 spiro atoms. The molecular weight excluding hydrogens is 301 g/mol. The average molecular weight is 320 g/mol. The molecule has 0 atom stereocenters. The zero-order chi connectivity index (χ0) is 15.9. The molecule has 0 amide bonds. The first-order chi connectivity index (χ1) is 9.86. The number of hydrogen-bond donors (Lipinski definition) is 0. The zero-order valence-electron chi connectivity index (χ0n) is 12.3. The van der Waals surface area contributed by atoms with Gasteiger partial charge < -0.3 is 4.74 Å².